The first-order chi connectivity index (χ1) is 17.2. The number of aliphatic hydroxyl groups is 2. The minimum absolute atomic E-state index is 0.0562. The average Bonchev–Trinajstić information content (AvgIpc) is 3.29. The third kappa shape index (κ3) is 5.64. The summed E-state index contributed by atoms with van der Waals surface area (Å²) in [6, 6.07) is 7.46. The number of aromatic nitrogens is 3. The molecule has 0 radical (unpaired) electrons. The summed E-state index contributed by atoms with van der Waals surface area (Å²) >= 11 is 0. The normalized spacial score (nSPS) is 19.0. The highest BCUT2D eigenvalue weighted by Gasteiger charge is 2.28. The molecule has 3 aromatic rings. The topological polar surface area (TPSA) is 136 Å². The Morgan fingerprint density at radius 1 is 1.33 bits per heavy atom. The van der Waals surface area contributed by atoms with Gasteiger partial charge in [0, 0.05) is 42.7 Å². The lowest BCUT2D eigenvalue weighted by atomic mass is 9.86. The maximum absolute atomic E-state index is 14.2. The van der Waals surface area contributed by atoms with E-state index in [-0.39, 0.29) is 30.7 Å². The molecule has 0 saturated heterocycles. The van der Waals surface area contributed by atoms with Gasteiger partial charge in [0.25, 0.3) is 5.91 Å². The van der Waals surface area contributed by atoms with Crippen molar-refractivity contribution < 1.29 is 19.4 Å². The number of halogens is 1. The van der Waals surface area contributed by atoms with E-state index in [0.717, 1.165) is 31.1 Å². The number of carbonyl (C=O) groups is 1. The molecule has 36 heavy (non-hydrogen) atoms. The second-order valence-electron chi connectivity index (χ2n) is 9.91. The van der Waals surface area contributed by atoms with E-state index in [1.54, 1.807) is 22.9 Å². The zero-order chi connectivity index (χ0) is 25.9. The lowest BCUT2D eigenvalue weighted by molar-refractivity contribution is -0.00177. The minimum Gasteiger partial charge on any atom is -0.396 e. The maximum Gasteiger partial charge on any atom is 0.255 e. The van der Waals surface area contributed by atoms with Crippen molar-refractivity contribution >= 4 is 22.6 Å². The number of amides is 1. The largest absolute Gasteiger partial charge is 0.396 e. The van der Waals surface area contributed by atoms with Crippen LogP contribution in [0, 0.1) is 17.2 Å². The zero-order valence-corrected chi connectivity index (χ0v) is 20.4. The molecule has 4 rings (SSSR count). The first-order valence-corrected chi connectivity index (χ1v) is 12.1. The van der Waals surface area contributed by atoms with E-state index >= 15 is 0 Å². The molecule has 3 heterocycles. The summed E-state index contributed by atoms with van der Waals surface area (Å²) in [6.45, 7) is 2.48. The molecule has 0 spiro atoms. The van der Waals surface area contributed by atoms with Crippen molar-refractivity contribution in [3.8, 4) is 11.9 Å². The Morgan fingerprint density at radius 2 is 2.14 bits per heavy atom. The van der Waals surface area contributed by atoms with Crippen LogP contribution >= 0.6 is 0 Å². The van der Waals surface area contributed by atoms with Gasteiger partial charge in [-0.25, -0.2) is 14.4 Å². The van der Waals surface area contributed by atoms with E-state index < -0.39 is 17.7 Å². The van der Waals surface area contributed by atoms with Crippen LogP contribution in [0.5, 0.6) is 0 Å². The molecule has 1 fully saturated rings. The van der Waals surface area contributed by atoms with Crippen LogP contribution < -0.4 is 10.6 Å². The number of pyridine rings is 2. The third-order valence-corrected chi connectivity index (χ3v) is 6.65. The van der Waals surface area contributed by atoms with Gasteiger partial charge in [0.1, 0.15) is 23.7 Å². The van der Waals surface area contributed by atoms with Gasteiger partial charge < -0.3 is 20.8 Å². The fourth-order valence-corrected chi connectivity index (χ4v) is 4.48. The highest BCUT2D eigenvalue weighted by molar-refractivity contribution is 5.99. The SMILES string of the molecule is CC(C)(O)[C@H](F)CNC(=O)c1cnc(-n2ccc3cc(C#N)cnc32)cc1NC1CCCC(CO)C1. The molecule has 0 aromatic carbocycles. The van der Waals surface area contributed by atoms with Crippen LogP contribution in [0.1, 0.15) is 55.5 Å². The molecular weight excluding hydrogens is 463 g/mol. The average molecular weight is 495 g/mol. The number of rotatable bonds is 8. The number of hydrogen-bond acceptors (Lipinski definition) is 7. The lowest BCUT2D eigenvalue weighted by Crippen LogP contribution is -2.42. The predicted molar refractivity (Wildman–Crippen MR) is 134 cm³/mol. The predicted octanol–water partition coefficient (Wildman–Crippen LogP) is 3.09. The number of anilines is 1. The highest BCUT2D eigenvalue weighted by Crippen LogP contribution is 2.29. The van der Waals surface area contributed by atoms with Gasteiger partial charge in [0.05, 0.1) is 29.0 Å². The number of hydrogen-bond donors (Lipinski definition) is 4. The summed E-state index contributed by atoms with van der Waals surface area (Å²) in [5.41, 5.74) is 0.286. The summed E-state index contributed by atoms with van der Waals surface area (Å²) in [7, 11) is 0. The Bertz CT molecular complexity index is 1280. The quantitative estimate of drug-likeness (QED) is 0.378. The Hall–Kier alpha value is -3.55. The second-order valence-corrected chi connectivity index (χ2v) is 9.91. The summed E-state index contributed by atoms with van der Waals surface area (Å²) in [5.74, 6) is 0.212. The van der Waals surface area contributed by atoms with Gasteiger partial charge in [-0.05, 0) is 51.2 Å². The first kappa shape index (κ1) is 25.5. The van der Waals surface area contributed by atoms with Crippen LogP contribution in [0.4, 0.5) is 10.1 Å². The van der Waals surface area contributed by atoms with Gasteiger partial charge in [0.2, 0.25) is 0 Å². The molecule has 1 aliphatic carbocycles. The number of alkyl halides is 1. The van der Waals surface area contributed by atoms with Crippen molar-refractivity contribution in [2.24, 2.45) is 5.92 Å². The van der Waals surface area contributed by atoms with E-state index in [0.29, 0.717) is 22.7 Å². The number of aliphatic hydroxyl groups excluding tert-OH is 1. The summed E-state index contributed by atoms with van der Waals surface area (Å²) in [5, 5.41) is 35.4. The molecule has 4 N–H and O–H groups in total. The van der Waals surface area contributed by atoms with Gasteiger partial charge in [-0.15, -0.1) is 0 Å². The molecule has 0 aliphatic heterocycles. The fraction of sp³-hybridized carbons (Fsp3) is 0.462. The first-order valence-electron chi connectivity index (χ1n) is 12.1. The van der Waals surface area contributed by atoms with Crippen LogP contribution in [0.25, 0.3) is 16.9 Å². The molecule has 1 saturated carbocycles. The van der Waals surface area contributed by atoms with Crippen molar-refractivity contribution in [1.82, 2.24) is 19.9 Å². The molecule has 9 nitrogen and oxygen atoms in total. The molecule has 1 amide bonds. The Balaban J connectivity index is 1.66. The van der Waals surface area contributed by atoms with Crippen molar-refractivity contribution in [2.75, 3.05) is 18.5 Å². The molecule has 0 bridgehead atoms. The Kier molecular flexibility index (Phi) is 7.52. The Labute approximate surface area is 209 Å². The molecule has 3 atom stereocenters. The van der Waals surface area contributed by atoms with Crippen LogP contribution in [0.3, 0.4) is 0 Å². The van der Waals surface area contributed by atoms with Gasteiger partial charge in [-0.3, -0.25) is 9.36 Å². The standard InChI is InChI=1S/C26H31FN6O3/c1-26(2,36)22(27)14-31-25(35)20-13-29-23(10-21(20)32-19-5-3-4-16(9-19)15-34)33-7-6-18-8-17(11-28)12-30-24(18)33/h6-8,10,12-13,16,19,22,34,36H,3-5,9,14-15H2,1-2H3,(H,29,32)(H,31,35)/t16?,19?,22-/m1/s1. The van der Waals surface area contributed by atoms with Gasteiger partial charge in [-0.1, -0.05) is 6.42 Å². The van der Waals surface area contributed by atoms with Gasteiger partial charge in [0.15, 0.2) is 0 Å². The maximum atomic E-state index is 14.2. The zero-order valence-electron chi connectivity index (χ0n) is 20.4. The van der Waals surface area contributed by atoms with E-state index in [2.05, 4.69) is 26.7 Å². The molecule has 3 aromatic heterocycles. The second kappa shape index (κ2) is 10.6. The lowest BCUT2D eigenvalue weighted by Gasteiger charge is -2.30. The molecule has 2 unspecified atom stereocenters. The third-order valence-electron chi connectivity index (χ3n) is 6.65. The van der Waals surface area contributed by atoms with Crippen LogP contribution in [-0.2, 0) is 0 Å². The molecule has 1 aliphatic rings. The van der Waals surface area contributed by atoms with Gasteiger partial charge >= 0.3 is 0 Å². The van der Waals surface area contributed by atoms with E-state index in [1.807, 2.05) is 6.07 Å². The minimum atomic E-state index is -1.63. The van der Waals surface area contributed by atoms with Crippen molar-refractivity contribution in [1.29, 1.82) is 5.26 Å². The van der Waals surface area contributed by atoms with Crippen molar-refractivity contribution in [3.05, 3.63) is 47.9 Å². The Morgan fingerprint density at radius 3 is 2.86 bits per heavy atom. The molecule has 10 heteroatoms. The van der Waals surface area contributed by atoms with E-state index in [9.17, 15) is 19.4 Å². The van der Waals surface area contributed by atoms with Crippen LogP contribution in [0.15, 0.2) is 36.8 Å². The smallest absolute Gasteiger partial charge is 0.255 e. The number of nitrogens with one attached hydrogen (secondary N) is 2. The van der Waals surface area contributed by atoms with Crippen molar-refractivity contribution in [3.63, 3.8) is 0 Å². The number of nitriles is 1. The summed E-state index contributed by atoms with van der Waals surface area (Å²) < 4.78 is 16.0. The highest BCUT2D eigenvalue weighted by atomic mass is 19.1. The molecule has 190 valence electrons. The summed E-state index contributed by atoms with van der Waals surface area (Å²) in [4.78, 5) is 21.9. The number of nitrogens with zero attached hydrogens (tertiary/aromatic N) is 4. The number of fused-ring (bicyclic) bond motifs is 1. The van der Waals surface area contributed by atoms with Crippen LogP contribution in [-0.4, -0.2) is 61.6 Å². The van der Waals surface area contributed by atoms with E-state index in [4.69, 9.17) is 5.26 Å². The van der Waals surface area contributed by atoms with Gasteiger partial charge in [-0.2, -0.15) is 5.26 Å². The summed E-state index contributed by atoms with van der Waals surface area (Å²) in [6.07, 6.45) is 6.68. The monoisotopic (exact) mass is 494 g/mol. The van der Waals surface area contributed by atoms with Crippen molar-refractivity contribution in [2.45, 2.75) is 57.3 Å². The van der Waals surface area contributed by atoms with Crippen LogP contribution in [0.2, 0.25) is 0 Å². The fourth-order valence-electron chi connectivity index (χ4n) is 4.48. The van der Waals surface area contributed by atoms with E-state index in [1.165, 1.54) is 26.2 Å². The number of carbonyl (C=O) groups excluding carboxylic acids is 1. The molecular formula is C26H31FN6O3.